The van der Waals surface area contributed by atoms with Crippen LogP contribution in [0.1, 0.15) is 31.7 Å². The minimum absolute atomic E-state index is 0. The zero-order valence-electron chi connectivity index (χ0n) is 14.0. The molecule has 1 aliphatic carbocycles. The average molecular weight is 441 g/mol. The monoisotopic (exact) mass is 440 g/mol. The highest BCUT2D eigenvalue weighted by atomic mass is 79.9. The molecule has 0 unspecified atom stereocenters. The Morgan fingerprint density at radius 3 is 2.46 bits per heavy atom. The Balaban J connectivity index is 0.00000121. The first kappa shape index (κ1) is 20.7. The molecule has 1 saturated carbocycles. The van der Waals surface area contributed by atoms with Crippen LogP contribution in [0.3, 0.4) is 0 Å². The Morgan fingerprint density at radius 1 is 1.19 bits per heavy atom. The minimum Gasteiger partial charge on any atom is -0.412 e. The van der Waals surface area contributed by atoms with Crippen LogP contribution in [0.15, 0.2) is 44.6 Å². The third-order valence-corrected chi connectivity index (χ3v) is 5.78. The van der Waals surface area contributed by atoms with Crippen molar-refractivity contribution in [3.05, 3.63) is 45.3 Å². The van der Waals surface area contributed by atoms with E-state index in [1.807, 2.05) is 28.9 Å². The third-order valence-electron chi connectivity index (χ3n) is 4.63. The number of benzene rings is 1. The van der Waals surface area contributed by atoms with Gasteiger partial charge in [0.1, 0.15) is 5.69 Å². The molecule has 0 radical (unpaired) electrons. The number of aromatic amines is 1. The normalized spacial score (nSPS) is 14.2. The number of hydrogen-bond donors (Lipinski definition) is 2. The Morgan fingerprint density at radius 2 is 1.85 bits per heavy atom. The molecule has 2 heterocycles. The number of rotatable bonds is 3. The first-order valence-corrected chi connectivity index (χ1v) is 9.63. The highest BCUT2D eigenvalue weighted by molar-refractivity contribution is 9.10. The number of nitrogens with zero attached hydrogens (tertiary/aromatic N) is 2. The number of nitrogens with two attached hydrogens (primary N) is 1. The Labute approximate surface area is 162 Å². The number of hydrogen-bond acceptors (Lipinski definition) is 4. The van der Waals surface area contributed by atoms with Crippen molar-refractivity contribution in [3.63, 3.8) is 0 Å². The summed E-state index contributed by atoms with van der Waals surface area (Å²) < 4.78 is 2.92. The van der Waals surface area contributed by atoms with E-state index >= 15 is 0 Å². The molecule has 0 aliphatic heterocycles. The Bertz CT molecular complexity index is 949. The summed E-state index contributed by atoms with van der Waals surface area (Å²) in [6, 6.07) is 8.20. The van der Waals surface area contributed by atoms with Crippen molar-refractivity contribution in [2.75, 3.05) is 0 Å². The molecule has 0 amide bonds. The fourth-order valence-corrected chi connectivity index (χ4v) is 4.24. The van der Waals surface area contributed by atoms with Crippen LogP contribution in [0.25, 0.3) is 22.2 Å². The third kappa shape index (κ3) is 3.45. The van der Waals surface area contributed by atoms with Crippen LogP contribution in [0.4, 0.5) is 0 Å². The molecular formula is C17H21BrN4O3S. The van der Waals surface area contributed by atoms with Gasteiger partial charge < -0.3 is 15.9 Å². The first-order valence-electron chi connectivity index (χ1n) is 7.95. The lowest BCUT2D eigenvalue weighted by Crippen LogP contribution is -2.09. The number of nitrogens with one attached hydrogen (secondary N) is 1. The summed E-state index contributed by atoms with van der Waals surface area (Å²) in [6.45, 7) is 0. The number of pyridine rings is 1. The van der Waals surface area contributed by atoms with Crippen LogP contribution >= 0.6 is 27.9 Å². The molecule has 4 rings (SSSR count). The van der Waals surface area contributed by atoms with Crippen molar-refractivity contribution < 1.29 is 11.0 Å². The molecule has 1 aromatic carbocycles. The number of H-pyrrole nitrogens is 1. The van der Waals surface area contributed by atoms with Crippen molar-refractivity contribution in [3.8, 4) is 11.3 Å². The van der Waals surface area contributed by atoms with Crippen LogP contribution < -0.4 is 10.7 Å². The molecule has 0 atom stereocenters. The van der Waals surface area contributed by atoms with E-state index in [2.05, 4.69) is 20.9 Å². The van der Waals surface area contributed by atoms with Crippen LogP contribution in [0.2, 0.25) is 0 Å². The maximum Gasteiger partial charge on any atom is 0.259 e. The van der Waals surface area contributed by atoms with Gasteiger partial charge in [0.15, 0.2) is 0 Å². The zero-order chi connectivity index (χ0) is 16.7. The highest BCUT2D eigenvalue weighted by Gasteiger charge is 2.25. The molecule has 7 nitrogen and oxygen atoms in total. The molecule has 3 aromatic rings. The smallest absolute Gasteiger partial charge is 0.259 e. The van der Waals surface area contributed by atoms with Gasteiger partial charge in [-0.1, -0.05) is 25.0 Å². The van der Waals surface area contributed by atoms with Gasteiger partial charge in [-0.15, -0.1) is 0 Å². The lowest BCUT2D eigenvalue weighted by atomic mass is 10.1. The van der Waals surface area contributed by atoms with Crippen LogP contribution in [0, 0.1) is 0 Å². The maximum absolute atomic E-state index is 12.5. The molecule has 1 fully saturated rings. The van der Waals surface area contributed by atoms with Gasteiger partial charge in [0.25, 0.3) is 5.56 Å². The number of fused-ring (bicyclic) bond motifs is 1. The zero-order valence-corrected chi connectivity index (χ0v) is 16.4. The molecular weight excluding hydrogens is 420 g/mol. The summed E-state index contributed by atoms with van der Waals surface area (Å²) in [5.74, 6) is 0. The van der Waals surface area contributed by atoms with E-state index < -0.39 is 0 Å². The van der Waals surface area contributed by atoms with Gasteiger partial charge in [-0.25, -0.2) is 0 Å². The summed E-state index contributed by atoms with van der Waals surface area (Å²) in [5, 5.41) is 11.1. The second kappa shape index (κ2) is 8.36. The summed E-state index contributed by atoms with van der Waals surface area (Å²) in [4.78, 5) is 16.3. The van der Waals surface area contributed by atoms with Gasteiger partial charge in [0.05, 0.1) is 21.4 Å². The average Bonchev–Trinajstić information content (AvgIpc) is 3.26. The van der Waals surface area contributed by atoms with E-state index in [0.717, 1.165) is 39.0 Å². The van der Waals surface area contributed by atoms with Gasteiger partial charge in [-0.05, 0) is 52.9 Å². The van der Waals surface area contributed by atoms with E-state index in [4.69, 9.17) is 10.2 Å². The highest BCUT2D eigenvalue weighted by Crippen LogP contribution is 2.37. The van der Waals surface area contributed by atoms with E-state index in [1.54, 1.807) is 6.20 Å². The molecule has 1 aliphatic rings. The SMILES string of the molecule is NSc1ccc(-c2nn(C3CCCC3)c3c(Br)c[nH]c(=O)c23)cc1.O.O. The molecule has 140 valence electrons. The quantitative estimate of drug-likeness (QED) is 0.603. The van der Waals surface area contributed by atoms with Gasteiger partial charge in [-0.2, -0.15) is 5.10 Å². The lowest BCUT2D eigenvalue weighted by molar-refractivity contribution is 0.482. The van der Waals surface area contributed by atoms with Crippen molar-refractivity contribution in [2.45, 2.75) is 36.6 Å². The molecule has 0 bridgehead atoms. The van der Waals surface area contributed by atoms with Gasteiger partial charge in [-0.3, -0.25) is 14.6 Å². The summed E-state index contributed by atoms with van der Waals surface area (Å²) in [5.41, 5.74) is 2.44. The Kier molecular flexibility index (Phi) is 6.64. The second-order valence-electron chi connectivity index (χ2n) is 6.06. The summed E-state index contributed by atoms with van der Waals surface area (Å²) >= 11 is 4.79. The molecule has 9 heteroatoms. The van der Waals surface area contributed by atoms with Crippen molar-refractivity contribution in [1.29, 1.82) is 0 Å². The summed E-state index contributed by atoms with van der Waals surface area (Å²) in [7, 11) is 0. The van der Waals surface area contributed by atoms with E-state index in [0.29, 0.717) is 11.4 Å². The molecule has 0 spiro atoms. The van der Waals surface area contributed by atoms with Gasteiger partial charge >= 0.3 is 0 Å². The standard InChI is InChI=1S/C17H17BrN4OS.2H2O/c18-13-9-20-17(23)14-15(10-5-7-12(24-19)8-6-10)21-22(16(13)14)11-3-1-2-4-11;;/h5-9,11H,1-4,19H2,(H,20,23);2*1H2. The van der Waals surface area contributed by atoms with Crippen LogP contribution in [-0.2, 0) is 0 Å². The summed E-state index contributed by atoms with van der Waals surface area (Å²) in [6.07, 6.45) is 6.35. The molecule has 7 N–H and O–H groups in total. The largest absolute Gasteiger partial charge is 0.412 e. The van der Waals surface area contributed by atoms with Crippen LogP contribution in [-0.4, -0.2) is 25.7 Å². The van der Waals surface area contributed by atoms with E-state index in [-0.39, 0.29) is 16.5 Å². The van der Waals surface area contributed by atoms with Crippen molar-refractivity contribution >= 4 is 38.8 Å². The van der Waals surface area contributed by atoms with E-state index in [1.165, 1.54) is 24.8 Å². The number of aromatic nitrogens is 3. The van der Waals surface area contributed by atoms with Gasteiger partial charge in [0, 0.05) is 16.7 Å². The van der Waals surface area contributed by atoms with Crippen molar-refractivity contribution in [2.24, 2.45) is 5.14 Å². The minimum atomic E-state index is -0.107. The van der Waals surface area contributed by atoms with Crippen LogP contribution in [0.5, 0.6) is 0 Å². The molecule has 0 saturated heterocycles. The van der Waals surface area contributed by atoms with Gasteiger partial charge in [0.2, 0.25) is 0 Å². The lowest BCUT2D eigenvalue weighted by Gasteiger charge is -2.11. The molecule has 26 heavy (non-hydrogen) atoms. The molecule has 2 aromatic heterocycles. The Hall–Kier alpha value is -1.65. The predicted octanol–water partition coefficient (Wildman–Crippen LogP) is 2.59. The fraction of sp³-hybridized carbons (Fsp3) is 0.294. The topological polar surface area (TPSA) is 140 Å². The predicted molar refractivity (Wildman–Crippen MR) is 108 cm³/mol. The fourth-order valence-electron chi connectivity index (χ4n) is 3.45. The van der Waals surface area contributed by atoms with Crippen molar-refractivity contribution in [1.82, 2.24) is 14.8 Å². The second-order valence-corrected chi connectivity index (χ2v) is 7.62. The maximum atomic E-state index is 12.5. The van der Waals surface area contributed by atoms with E-state index in [9.17, 15) is 4.79 Å². The first-order chi connectivity index (χ1) is 11.7. The number of halogens is 1.